The van der Waals surface area contributed by atoms with Crippen molar-refractivity contribution in [2.45, 2.75) is 52.6 Å². The Hall–Kier alpha value is -0.810. The molecule has 5 nitrogen and oxygen atoms in total. The van der Waals surface area contributed by atoms with E-state index >= 15 is 0 Å². The molecule has 1 saturated heterocycles. The molecule has 1 rings (SSSR count). The van der Waals surface area contributed by atoms with Gasteiger partial charge in [-0.15, -0.1) is 12.4 Å². The number of amides is 2. The van der Waals surface area contributed by atoms with E-state index in [1.54, 1.807) is 0 Å². The van der Waals surface area contributed by atoms with Crippen LogP contribution in [0.25, 0.3) is 0 Å². The fraction of sp³-hybridized carbons (Fsp3) is 0.857. The SMILES string of the molecule is CC(C)CC(=O)NCCC(=O)N1CCNC(C)C1C.Cl. The van der Waals surface area contributed by atoms with Crippen LogP contribution in [-0.4, -0.2) is 48.4 Å². The van der Waals surface area contributed by atoms with Crippen LogP contribution >= 0.6 is 12.4 Å². The standard InChI is InChI=1S/C14H27N3O2.ClH/c1-10(2)9-13(18)16-6-5-14(19)17-8-7-15-11(3)12(17)4;/h10-12,15H,5-9H2,1-4H3,(H,16,18);1H. The molecule has 2 atom stereocenters. The van der Waals surface area contributed by atoms with Crippen LogP contribution in [0, 0.1) is 5.92 Å². The van der Waals surface area contributed by atoms with Crippen molar-refractivity contribution in [2.75, 3.05) is 19.6 Å². The molecular weight excluding hydrogens is 278 g/mol. The Bertz CT molecular complexity index is 324. The predicted molar refractivity (Wildman–Crippen MR) is 83.0 cm³/mol. The van der Waals surface area contributed by atoms with Gasteiger partial charge in [0.15, 0.2) is 0 Å². The summed E-state index contributed by atoms with van der Waals surface area (Å²) in [5.74, 6) is 0.514. The second-order valence-electron chi connectivity index (χ2n) is 5.77. The van der Waals surface area contributed by atoms with E-state index in [0.29, 0.717) is 31.3 Å². The number of nitrogens with zero attached hydrogens (tertiary/aromatic N) is 1. The van der Waals surface area contributed by atoms with Gasteiger partial charge in [0.25, 0.3) is 0 Å². The quantitative estimate of drug-likeness (QED) is 0.801. The number of carbonyl (C=O) groups is 2. The lowest BCUT2D eigenvalue weighted by molar-refractivity contribution is -0.134. The summed E-state index contributed by atoms with van der Waals surface area (Å²) in [4.78, 5) is 25.5. The van der Waals surface area contributed by atoms with Gasteiger partial charge in [-0.1, -0.05) is 13.8 Å². The minimum Gasteiger partial charge on any atom is -0.356 e. The number of hydrogen-bond acceptors (Lipinski definition) is 3. The Morgan fingerprint density at radius 3 is 2.60 bits per heavy atom. The molecule has 0 spiro atoms. The second kappa shape index (κ2) is 9.19. The summed E-state index contributed by atoms with van der Waals surface area (Å²) < 4.78 is 0. The Balaban J connectivity index is 0.00000361. The highest BCUT2D eigenvalue weighted by Gasteiger charge is 2.27. The Kier molecular flexibility index (Phi) is 8.81. The number of rotatable bonds is 5. The van der Waals surface area contributed by atoms with E-state index < -0.39 is 0 Å². The molecule has 0 saturated carbocycles. The fourth-order valence-corrected chi connectivity index (χ4v) is 2.30. The van der Waals surface area contributed by atoms with Crippen molar-refractivity contribution in [3.05, 3.63) is 0 Å². The summed E-state index contributed by atoms with van der Waals surface area (Å²) in [5.41, 5.74) is 0. The first-order chi connectivity index (χ1) is 8.91. The fourth-order valence-electron chi connectivity index (χ4n) is 2.30. The molecule has 0 aromatic heterocycles. The highest BCUT2D eigenvalue weighted by atomic mass is 35.5. The third-order valence-corrected chi connectivity index (χ3v) is 3.61. The van der Waals surface area contributed by atoms with Crippen LogP contribution in [0.1, 0.15) is 40.5 Å². The van der Waals surface area contributed by atoms with Crippen molar-refractivity contribution < 1.29 is 9.59 Å². The summed E-state index contributed by atoms with van der Waals surface area (Å²) in [7, 11) is 0. The average Bonchev–Trinajstić information content (AvgIpc) is 2.31. The smallest absolute Gasteiger partial charge is 0.224 e. The van der Waals surface area contributed by atoms with Gasteiger partial charge < -0.3 is 15.5 Å². The minimum atomic E-state index is 0. The first-order valence-corrected chi connectivity index (χ1v) is 7.21. The number of piperazine rings is 1. The van der Waals surface area contributed by atoms with Gasteiger partial charge >= 0.3 is 0 Å². The van der Waals surface area contributed by atoms with Gasteiger partial charge in [-0.25, -0.2) is 0 Å². The lowest BCUT2D eigenvalue weighted by Crippen LogP contribution is -2.57. The van der Waals surface area contributed by atoms with E-state index in [2.05, 4.69) is 24.5 Å². The maximum Gasteiger partial charge on any atom is 0.224 e. The summed E-state index contributed by atoms with van der Waals surface area (Å²) in [6, 6.07) is 0.542. The van der Waals surface area contributed by atoms with Crippen molar-refractivity contribution in [3.63, 3.8) is 0 Å². The summed E-state index contributed by atoms with van der Waals surface area (Å²) in [6.07, 6.45) is 0.913. The zero-order chi connectivity index (χ0) is 14.4. The predicted octanol–water partition coefficient (Wildman–Crippen LogP) is 1.17. The van der Waals surface area contributed by atoms with Gasteiger partial charge in [-0.2, -0.15) is 0 Å². The first kappa shape index (κ1) is 19.2. The van der Waals surface area contributed by atoms with E-state index in [-0.39, 0.29) is 30.3 Å². The Morgan fingerprint density at radius 2 is 2.00 bits per heavy atom. The maximum atomic E-state index is 12.1. The molecule has 6 heteroatoms. The Morgan fingerprint density at radius 1 is 1.35 bits per heavy atom. The molecule has 118 valence electrons. The van der Waals surface area contributed by atoms with Gasteiger partial charge in [0, 0.05) is 44.6 Å². The lowest BCUT2D eigenvalue weighted by atomic mass is 10.1. The third kappa shape index (κ3) is 6.09. The average molecular weight is 306 g/mol. The molecule has 1 aliphatic rings. The molecule has 2 N–H and O–H groups in total. The molecule has 0 bridgehead atoms. The van der Waals surface area contributed by atoms with E-state index in [1.165, 1.54) is 0 Å². The van der Waals surface area contributed by atoms with Crippen LogP contribution in [0.3, 0.4) is 0 Å². The third-order valence-electron chi connectivity index (χ3n) is 3.61. The molecule has 1 aliphatic heterocycles. The topological polar surface area (TPSA) is 61.4 Å². The summed E-state index contributed by atoms with van der Waals surface area (Å²) in [6.45, 7) is 10.2. The molecule has 0 aromatic carbocycles. The van der Waals surface area contributed by atoms with Crippen molar-refractivity contribution in [3.8, 4) is 0 Å². The molecule has 1 heterocycles. The monoisotopic (exact) mass is 305 g/mol. The summed E-state index contributed by atoms with van der Waals surface area (Å²) in [5, 5.41) is 6.16. The first-order valence-electron chi connectivity index (χ1n) is 7.21. The van der Waals surface area contributed by atoms with Crippen molar-refractivity contribution in [1.82, 2.24) is 15.5 Å². The van der Waals surface area contributed by atoms with Gasteiger partial charge in [0.05, 0.1) is 0 Å². The van der Waals surface area contributed by atoms with Crippen molar-refractivity contribution in [2.24, 2.45) is 5.92 Å². The molecular formula is C14H28ClN3O2. The van der Waals surface area contributed by atoms with Crippen LogP contribution in [0.15, 0.2) is 0 Å². The maximum absolute atomic E-state index is 12.1. The highest BCUT2D eigenvalue weighted by molar-refractivity contribution is 5.85. The van der Waals surface area contributed by atoms with E-state index in [4.69, 9.17) is 0 Å². The molecule has 20 heavy (non-hydrogen) atoms. The van der Waals surface area contributed by atoms with Gasteiger partial charge in [-0.3, -0.25) is 9.59 Å². The van der Waals surface area contributed by atoms with Crippen LogP contribution in [0.5, 0.6) is 0 Å². The van der Waals surface area contributed by atoms with E-state index in [1.807, 2.05) is 18.7 Å². The molecule has 2 unspecified atom stereocenters. The number of hydrogen-bond donors (Lipinski definition) is 2. The molecule has 0 aromatic rings. The van der Waals surface area contributed by atoms with Crippen LogP contribution in [0.4, 0.5) is 0 Å². The molecule has 1 fully saturated rings. The number of carbonyl (C=O) groups excluding carboxylic acids is 2. The van der Waals surface area contributed by atoms with Gasteiger partial charge in [-0.05, 0) is 19.8 Å². The van der Waals surface area contributed by atoms with Crippen LogP contribution in [0.2, 0.25) is 0 Å². The largest absolute Gasteiger partial charge is 0.356 e. The highest BCUT2D eigenvalue weighted by Crippen LogP contribution is 2.10. The van der Waals surface area contributed by atoms with Crippen molar-refractivity contribution in [1.29, 1.82) is 0 Å². The zero-order valence-electron chi connectivity index (χ0n) is 12.9. The second-order valence-corrected chi connectivity index (χ2v) is 5.77. The summed E-state index contributed by atoms with van der Waals surface area (Å²) >= 11 is 0. The van der Waals surface area contributed by atoms with Gasteiger partial charge in [0.1, 0.15) is 0 Å². The number of nitrogens with one attached hydrogen (secondary N) is 2. The normalized spacial score (nSPS) is 22.4. The van der Waals surface area contributed by atoms with Crippen LogP contribution in [-0.2, 0) is 9.59 Å². The van der Waals surface area contributed by atoms with Crippen LogP contribution < -0.4 is 10.6 Å². The molecule has 0 aliphatic carbocycles. The Labute approximate surface area is 128 Å². The van der Waals surface area contributed by atoms with Gasteiger partial charge in [0.2, 0.25) is 11.8 Å². The van der Waals surface area contributed by atoms with Crippen molar-refractivity contribution >= 4 is 24.2 Å². The van der Waals surface area contributed by atoms with E-state index in [0.717, 1.165) is 13.1 Å². The lowest BCUT2D eigenvalue weighted by Gasteiger charge is -2.38. The van der Waals surface area contributed by atoms with E-state index in [9.17, 15) is 9.59 Å². The zero-order valence-corrected chi connectivity index (χ0v) is 13.8. The minimum absolute atomic E-state index is 0. The molecule has 0 radical (unpaired) electrons. The molecule has 2 amide bonds. The number of halogens is 1.